The molecule has 1 rings (SSSR count). The number of nitrogens with zero attached hydrogens (tertiary/aromatic N) is 1. The van der Waals surface area contributed by atoms with Crippen LogP contribution in [0.15, 0.2) is 17.1 Å². The van der Waals surface area contributed by atoms with E-state index >= 15 is 0 Å². The van der Waals surface area contributed by atoms with Gasteiger partial charge in [-0.1, -0.05) is 0 Å². The molecule has 1 atom stereocenters. The summed E-state index contributed by atoms with van der Waals surface area (Å²) < 4.78 is 9.84. The zero-order valence-electron chi connectivity index (χ0n) is 14.0. The molecule has 1 aromatic rings. The second-order valence-corrected chi connectivity index (χ2v) is 5.26. The van der Waals surface area contributed by atoms with Gasteiger partial charge in [0.15, 0.2) is 0 Å². The second-order valence-electron chi connectivity index (χ2n) is 5.26. The molecule has 0 saturated heterocycles. The van der Waals surface area contributed by atoms with Crippen molar-refractivity contribution in [2.24, 2.45) is 10.9 Å². The SMILES string of the molecule is COC(=O)C(C=NC(C)=O)Cc1c(C)cc(OC(C)=O)cc1C. The highest BCUT2D eigenvalue weighted by Crippen LogP contribution is 2.24. The van der Waals surface area contributed by atoms with E-state index in [1.807, 2.05) is 13.8 Å². The monoisotopic (exact) mass is 319 g/mol. The van der Waals surface area contributed by atoms with Gasteiger partial charge in [0, 0.05) is 20.1 Å². The zero-order chi connectivity index (χ0) is 17.6. The molecule has 0 aromatic heterocycles. The fourth-order valence-corrected chi connectivity index (χ4v) is 2.26. The van der Waals surface area contributed by atoms with E-state index in [0.29, 0.717) is 12.2 Å². The van der Waals surface area contributed by atoms with Crippen molar-refractivity contribution < 1.29 is 23.9 Å². The van der Waals surface area contributed by atoms with Crippen molar-refractivity contribution in [3.63, 3.8) is 0 Å². The van der Waals surface area contributed by atoms with Crippen LogP contribution in [-0.4, -0.2) is 31.2 Å². The maximum Gasteiger partial charge on any atom is 0.314 e. The summed E-state index contributed by atoms with van der Waals surface area (Å²) in [6.45, 7) is 6.39. The van der Waals surface area contributed by atoms with E-state index in [1.165, 1.54) is 27.2 Å². The lowest BCUT2D eigenvalue weighted by molar-refractivity contribution is -0.142. The Kier molecular flexibility index (Phi) is 6.63. The van der Waals surface area contributed by atoms with Gasteiger partial charge in [0.25, 0.3) is 0 Å². The third-order valence-corrected chi connectivity index (χ3v) is 3.30. The lowest BCUT2D eigenvalue weighted by Gasteiger charge is -2.15. The van der Waals surface area contributed by atoms with Crippen LogP contribution in [0.2, 0.25) is 0 Å². The summed E-state index contributed by atoms with van der Waals surface area (Å²) in [5.41, 5.74) is 2.68. The van der Waals surface area contributed by atoms with Crippen LogP contribution in [-0.2, 0) is 25.5 Å². The van der Waals surface area contributed by atoms with Gasteiger partial charge >= 0.3 is 11.9 Å². The van der Waals surface area contributed by atoms with Crippen molar-refractivity contribution in [2.75, 3.05) is 7.11 Å². The molecule has 6 nitrogen and oxygen atoms in total. The average Bonchev–Trinajstić information content (AvgIpc) is 2.44. The Hall–Kier alpha value is -2.50. The van der Waals surface area contributed by atoms with Crippen molar-refractivity contribution in [1.82, 2.24) is 0 Å². The van der Waals surface area contributed by atoms with Crippen LogP contribution in [0.4, 0.5) is 0 Å². The lowest BCUT2D eigenvalue weighted by atomic mass is 9.93. The highest BCUT2D eigenvalue weighted by atomic mass is 16.5. The number of hydrogen-bond acceptors (Lipinski definition) is 5. The number of rotatable bonds is 5. The zero-order valence-corrected chi connectivity index (χ0v) is 14.0. The maximum atomic E-state index is 11.9. The van der Waals surface area contributed by atoms with E-state index in [-0.39, 0.29) is 5.91 Å². The molecule has 0 N–H and O–H groups in total. The second kappa shape index (κ2) is 8.22. The molecule has 0 aliphatic carbocycles. The van der Waals surface area contributed by atoms with Crippen molar-refractivity contribution in [2.45, 2.75) is 34.1 Å². The molecule has 0 spiro atoms. The van der Waals surface area contributed by atoms with Crippen molar-refractivity contribution in [3.8, 4) is 5.75 Å². The molecule has 0 bridgehead atoms. The third-order valence-electron chi connectivity index (χ3n) is 3.30. The summed E-state index contributed by atoms with van der Waals surface area (Å²) in [6.07, 6.45) is 1.66. The first-order valence-electron chi connectivity index (χ1n) is 7.15. The molecule has 0 saturated carbocycles. The molecule has 0 fully saturated rings. The van der Waals surface area contributed by atoms with E-state index in [4.69, 9.17) is 9.47 Å². The molecule has 1 aromatic carbocycles. The molecule has 1 amide bonds. The molecule has 1 unspecified atom stereocenters. The first-order valence-corrected chi connectivity index (χ1v) is 7.15. The summed E-state index contributed by atoms with van der Waals surface area (Å²) in [6, 6.07) is 3.47. The number of esters is 2. The minimum atomic E-state index is -0.652. The molecular weight excluding hydrogens is 298 g/mol. The largest absolute Gasteiger partial charge is 0.469 e. The van der Waals surface area contributed by atoms with Crippen LogP contribution in [0, 0.1) is 19.8 Å². The predicted octanol–water partition coefficient (Wildman–Crippen LogP) is 2.18. The number of methoxy groups -OCH3 is 1. The van der Waals surface area contributed by atoms with E-state index < -0.39 is 17.9 Å². The Morgan fingerprint density at radius 1 is 1.17 bits per heavy atom. The van der Waals surface area contributed by atoms with Crippen molar-refractivity contribution in [3.05, 3.63) is 28.8 Å². The minimum absolute atomic E-state index is 0.349. The summed E-state index contributed by atoms with van der Waals surface area (Å²) in [5, 5.41) is 0. The normalized spacial score (nSPS) is 12.0. The Bertz CT molecular complexity index is 625. The standard InChI is InChI=1S/C17H21NO5/c1-10-6-15(23-13(4)20)7-11(2)16(10)8-14(17(21)22-5)9-18-12(3)19/h6-7,9,14H,8H2,1-5H3. The van der Waals surface area contributed by atoms with E-state index in [9.17, 15) is 14.4 Å². The summed E-state index contributed by atoms with van der Waals surface area (Å²) in [5.74, 6) is -1.42. The highest BCUT2D eigenvalue weighted by molar-refractivity contribution is 5.94. The molecule has 0 aliphatic rings. The molecule has 6 heteroatoms. The van der Waals surface area contributed by atoms with Gasteiger partial charge in [-0.25, -0.2) is 4.99 Å². The van der Waals surface area contributed by atoms with E-state index in [0.717, 1.165) is 16.7 Å². The summed E-state index contributed by atoms with van der Waals surface area (Å²) >= 11 is 0. The van der Waals surface area contributed by atoms with Gasteiger partial charge in [0.05, 0.1) is 13.0 Å². The van der Waals surface area contributed by atoms with Crippen molar-refractivity contribution >= 4 is 24.1 Å². The van der Waals surface area contributed by atoms with E-state index in [1.54, 1.807) is 12.1 Å². The fourth-order valence-electron chi connectivity index (χ4n) is 2.26. The predicted molar refractivity (Wildman–Crippen MR) is 85.6 cm³/mol. The van der Waals surface area contributed by atoms with Gasteiger partial charge < -0.3 is 9.47 Å². The Morgan fingerprint density at radius 2 is 1.74 bits per heavy atom. The molecular formula is C17H21NO5. The fraction of sp³-hybridized carbons (Fsp3) is 0.412. The number of amides is 1. The van der Waals surface area contributed by atoms with Gasteiger partial charge in [-0.05, 0) is 49.1 Å². The maximum absolute atomic E-state index is 11.9. The number of carbonyl (C=O) groups is 3. The van der Waals surface area contributed by atoms with Crippen LogP contribution in [0.5, 0.6) is 5.75 Å². The van der Waals surface area contributed by atoms with Crippen LogP contribution in [0.1, 0.15) is 30.5 Å². The highest BCUT2D eigenvalue weighted by Gasteiger charge is 2.20. The van der Waals surface area contributed by atoms with Crippen molar-refractivity contribution in [1.29, 1.82) is 0 Å². The van der Waals surface area contributed by atoms with Crippen LogP contribution < -0.4 is 4.74 Å². The minimum Gasteiger partial charge on any atom is -0.469 e. The number of aryl methyl sites for hydroxylation is 2. The van der Waals surface area contributed by atoms with Crippen LogP contribution in [0.3, 0.4) is 0 Å². The van der Waals surface area contributed by atoms with Gasteiger partial charge in [0.1, 0.15) is 5.75 Å². The molecule has 124 valence electrons. The smallest absolute Gasteiger partial charge is 0.314 e. The van der Waals surface area contributed by atoms with Gasteiger partial charge in [-0.2, -0.15) is 0 Å². The van der Waals surface area contributed by atoms with Crippen LogP contribution >= 0.6 is 0 Å². The first kappa shape index (κ1) is 18.5. The third kappa shape index (κ3) is 5.65. The summed E-state index contributed by atoms with van der Waals surface area (Å²) in [7, 11) is 1.29. The van der Waals surface area contributed by atoms with Crippen LogP contribution in [0.25, 0.3) is 0 Å². The Labute approximate surface area is 135 Å². The number of benzene rings is 1. The number of carbonyl (C=O) groups excluding carboxylic acids is 3. The van der Waals surface area contributed by atoms with Gasteiger partial charge in [-0.3, -0.25) is 14.4 Å². The quantitative estimate of drug-likeness (QED) is 0.472. The van der Waals surface area contributed by atoms with Gasteiger partial charge in [0.2, 0.25) is 5.91 Å². The molecule has 0 heterocycles. The Balaban J connectivity index is 3.10. The topological polar surface area (TPSA) is 82.0 Å². The van der Waals surface area contributed by atoms with Gasteiger partial charge in [-0.15, -0.1) is 0 Å². The molecule has 0 aliphatic heterocycles. The molecule has 0 radical (unpaired) electrons. The molecule has 23 heavy (non-hydrogen) atoms. The first-order chi connectivity index (χ1) is 10.7. The summed E-state index contributed by atoms with van der Waals surface area (Å²) in [4.78, 5) is 37.6. The number of hydrogen-bond donors (Lipinski definition) is 0. The van der Waals surface area contributed by atoms with E-state index in [2.05, 4.69) is 4.99 Å². The number of aliphatic imine (C=N–C) groups is 1. The average molecular weight is 319 g/mol. The number of ether oxygens (including phenoxy) is 2. The lowest BCUT2D eigenvalue weighted by Crippen LogP contribution is -2.21. The Morgan fingerprint density at radius 3 is 2.17 bits per heavy atom.